The summed E-state index contributed by atoms with van der Waals surface area (Å²) in [5.74, 6) is -0.180. The SMILES string of the molecule is Cc1cc(C(=O)N(C)c2ccccc2/C(N)=N/O)sc1Br. The van der Waals surface area contributed by atoms with Gasteiger partial charge in [0.15, 0.2) is 5.84 Å². The molecule has 0 radical (unpaired) electrons. The number of nitrogens with two attached hydrogens (primary N) is 1. The van der Waals surface area contributed by atoms with Gasteiger partial charge in [0.25, 0.3) is 5.91 Å². The number of carbonyl (C=O) groups is 1. The van der Waals surface area contributed by atoms with E-state index in [2.05, 4.69) is 21.1 Å². The van der Waals surface area contributed by atoms with E-state index in [1.54, 1.807) is 31.3 Å². The number of nitrogens with zero attached hydrogens (tertiary/aromatic N) is 2. The molecule has 1 aromatic heterocycles. The number of hydrogen-bond acceptors (Lipinski definition) is 4. The van der Waals surface area contributed by atoms with Crippen molar-refractivity contribution in [3.63, 3.8) is 0 Å². The zero-order valence-corrected chi connectivity index (χ0v) is 13.9. The molecule has 2 rings (SSSR count). The Labute approximate surface area is 134 Å². The minimum absolute atomic E-state index is 0.0335. The number of amidine groups is 1. The highest BCUT2D eigenvalue weighted by Gasteiger charge is 2.20. The van der Waals surface area contributed by atoms with Crippen LogP contribution in [-0.2, 0) is 0 Å². The van der Waals surface area contributed by atoms with Gasteiger partial charge >= 0.3 is 0 Å². The molecule has 0 bridgehead atoms. The molecule has 110 valence electrons. The molecule has 0 aliphatic rings. The third kappa shape index (κ3) is 3.08. The van der Waals surface area contributed by atoms with E-state index in [1.807, 2.05) is 13.0 Å². The standard InChI is InChI=1S/C14H14BrN3O2S/c1-8-7-11(21-12(8)15)14(19)18(2)10-6-4-3-5-9(10)13(16)17-20/h3-7,20H,1-2H3,(H2,16,17). The number of oxime groups is 1. The van der Waals surface area contributed by atoms with Crippen molar-refractivity contribution < 1.29 is 10.0 Å². The molecule has 0 unspecified atom stereocenters. The van der Waals surface area contributed by atoms with Gasteiger partial charge in [0.05, 0.1) is 14.4 Å². The number of benzene rings is 1. The Hall–Kier alpha value is -1.86. The molecule has 3 N–H and O–H groups in total. The van der Waals surface area contributed by atoms with Gasteiger partial charge in [0.1, 0.15) is 0 Å². The lowest BCUT2D eigenvalue weighted by atomic mass is 10.1. The van der Waals surface area contributed by atoms with Crippen LogP contribution >= 0.6 is 27.3 Å². The number of anilines is 1. The molecule has 0 saturated carbocycles. The second-order valence-corrected chi connectivity index (χ2v) is 6.80. The van der Waals surface area contributed by atoms with E-state index < -0.39 is 0 Å². The van der Waals surface area contributed by atoms with Crippen molar-refractivity contribution in [1.82, 2.24) is 0 Å². The molecule has 0 saturated heterocycles. The fourth-order valence-corrected chi connectivity index (χ4v) is 3.39. The summed E-state index contributed by atoms with van der Waals surface area (Å²) in [4.78, 5) is 14.7. The number of thiophene rings is 1. The molecule has 2 aromatic rings. The second-order valence-electron chi connectivity index (χ2n) is 4.43. The van der Waals surface area contributed by atoms with Crippen LogP contribution in [0.15, 0.2) is 39.3 Å². The van der Waals surface area contributed by atoms with E-state index in [0.717, 1.165) is 9.35 Å². The molecule has 0 aliphatic carbocycles. The number of halogens is 1. The van der Waals surface area contributed by atoms with Crippen LogP contribution < -0.4 is 10.6 Å². The zero-order chi connectivity index (χ0) is 15.6. The van der Waals surface area contributed by atoms with Crippen LogP contribution in [0.4, 0.5) is 5.69 Å². The first-order valence-electron chi connectivity index (χ1n) is 6.06. The first-order valence-corrected chi connectivity index (χ1v) is 7.67. The molecule has 0 atom stereocenters. The van der Waals surface area contributed by atoms with Crippen LogP contribution in [0, 0.1) is 6.92 Å². The molecule has 1 amide bonds. The fourth-order valence-electron chi connectivity index (χ4n) is 1.88. The summed E-state index contributed by atoms with van der Waals surface area (Å²) < 4.78 is 0.934. The Kier molecular flexibility index (Phi) is 4.64. The highest BCUT2D eigenvalue weighted by atomic mass is 79.9. The quantitative estimate of drug-likeness (QED) is 0.378. The number of para-hydroxylation sites is 1. The highest BCUT2D eigenvalue weighted by molar-refractivity contribution is 9.11. The lowest BCUT2D eigenvalue weighted by Crippen LogP contribution is -2.28. The number of rotatable bonds is 3. The average Bonchev–Trinajstić information content (AvgIpc) is 2.84. The number of hydrogen-bond donors (Lipinski definition) is 2. The maximum atomic E-state index is 12.5. The molecule has 0 spiro atoms. The molecule has 7 heteroatoms. The summed E-state index contributed by atoms with van der Waals surface area (Å²) in [6, 6.07) is 8.84. The molecule has 1 aromatic carbocycles. The van der Waals surface area contributed by atoms with Crippen LogP contribution in [0.2, 0.25) is 0 Å². The molecule has 1 heterocycles. The highest BCUT2D eigenvalue weighted by Crippen LogP contribution is 2.29. The first-order chi connectivity index (χ1) is 9.95. The van der Waals surface area contributed by atoms with E-state index in [1.165, 1.54) is 16.2 Å². The summed E-state index contributed by atoms with van der Waals surface area (Å²) in [6.45, 7) is 1.93. The number of aryl methyl sites for hydroxylation is 1. The van der Waals surface area contributed by atoms with Crippen LogP contribution in [0.3, 0.4) is 0 Å². The molecule has 5 nitrogen and oxygen atoms in total. The molecule has 0 aliphatic heterocycles. The van der Waals surface area contributed by atoms with Crippen LogP contribution in [0.25, 0.3) is 0 Å². The predicted octanol–water partition coefficient (Wildman–Crippen LogP) is 3.19. The van der Waals surface area contributed by atoms with Gasteiger partial charge in [0, 0.05) is 12.6 Å². The van der Waals surface area contributed by atoms with Gasteiger partial charge in [-0.15, -0.1) is 11.3 Å². The van der Waals surface area contributed by atoms with Gasteiger partial charge < -0.3 is 15.8 Å². The van der Waals surface area contributed by atoms with E-state index in [4.69, 9.17) is 10.9 Å². The molecular weight excluding hydrogens is 354 g/mol. The van der Waals surface area contributed by atoms with Gasteiger partial charge in [-0.05, 0) is 46.6 Å². The van der Waals surface area contributed by atoms with Gasteiger partial charge in [0.2, 0.25) is 0 Å². The summed E-state index contributed by atoms with van der Waals surface area (Å²) in [7, 11) is 1.66. The van der Waals surface area contributed by atoms with Crippen molar-refractivity contribution in [2.24, 2.45) is 10.9 Å². The van der Waals surface area contributed by atoms with E-state index >= 15 is 0 Å². The van der Waals surface area contributed by atoms with E-state index in [-0.39, 0.29) is 11.7 Å². The number of amides is 1. The Balaban J connectivity index is 2.40. The van der Waals surface area contributed by atoms with Gasteiger partial charge in [-0.25, -0.2) is 0 Å². The Morgan fingerprint density at radius 1 is 1.43 bits per heavy atom. The van der Waals surface area contributed by atoms with E-state index in [0.29, 0.717) is 16.1 Å². The van der Waals surface area contributed by atoms with Crippen LogP contribution in [0.5, 0.6) is 0 Å². The predicted molar refractivity (Wildman–Crippen MR) is 88.4 cm³/mol. The zero-order valence-electron chi connectivity index (χ0n) is 11.5. The van der Waals surface area contributed by atoms with Crippen molar-refractivity contribution in [2.75, 3.05) is 11.9 Å². The van der Waals surface area contributed by atoms with E-state index in [9.17, 15) is 4.79 Å². The molecule has 0 fully saturated rings. The Morgan fingerprint density at radius 3 is 2.67 bits per heavy atom. The minimum atomic E-state index is -0.146. The van der Waals surface area contributed by atoms with Crippen LogP contribution in [-0.4, -0.2) is 24.0 Å². The maximum Gasteiger partial charge on any atom is 0.268 e. The topological polar surface area (TPSA) is 78.9 Å². The largest absolute Gasteiger partial charge is 0.409 e. The normalized spacial score (nSPS) is 11.5. The summed E-state index contributed by atoms with van der Waals surface area (Å²) in [6.07, 6.45) is 0. The third-order valence-electron chi connectivity index (χ3n) is 3.02. The van der Waals surface area contributed by atoms with Crippen molar-refractivity contribution in [3.8, 4) is 0 Å². The third-order valence-corrected chi connectivity index (χ3v) is 5.15. The van der Waals surface area contributed by atoms with Crippen molar-refractivity contribution >= 4 is 44.7 Å². The summed E-state index contributed by atoms with van der Waals surface area (Å²) >= 11 is 4.79. The summed E-state index contributed by atoms with van der Waals surface area (Å²) in [5, 5.41) is 11.8. The fraction of sp³-hybridized carbons (Fsp3) is 0.143. The molecular formula is C14H14BrN3O2S. The lowest BCUT2D eigenvalue weighted by molar-refractivity contribution is 0.0996. The van der Waals surface area contributed by atoms with Crippen molar-refractivity contribution in [3.05, 3.63) is 50.1 Å². The van der Waals surface area contributed by atoms with Crippen LogP contribution in [0.1, 0.15) is 20.8 Å². The monoisotopic (exact) mass is 367 g/mol. The second kappa shape index (κ2) is 6.28. The van der Waals surface area contributed by atoms with Crippen molar-refractivity contribution in [2.45, 2.75) is 6.92 Å². The number of carbonyl (C=O) groups excluding carboxylic acids is 1. The first kappa shape index (κ1) is 15.5. The molecule has 21 heavy (non-hydrogen) atoms. The minimum Gasteiger partial charge on any atom is -0.409 e. The summed E-state index contributed by atoms with van der Waals surface area (Å²) in [5.41, 5.74) is 7.76. The van der Waals surface area contributed by atoms with Gasteiger partial charge in [-0.1, -0.05) is 17.3 Å². The lowest BCUT2D eigenvalue weighted by Gasteiger charge is -2.19. The maximum absolute atomic E-state index is 12.5. The Morgan fingerprint density at radius 2 is 2.10 bits per heavy atom. The Bertz CT molecular complexity index is 692. The van der Waals surface area contributed by atoms with Gasteiger partial charge in [-0.2, -0.15) is 0 Å². The smallest absolute Gasteiger partial charge is 0.268 e. The van der Waals surface area contributed by atoms with Crippen molar-refractivity contribution in [1.29, 1.82) is 0 Å². The van der Waals surface area contributed by atoms with Gasteiger partial charge in [-0.3, -0.25) is 4.79 Å². The average molecular weight is 368 g/mol.